The summed E-state index contributed by atoms with van der Waals surface area (Å²) < 4.78 is 0. The molecule has 0 heterocycles. The molecule has 0 bridgehead atoms. The van der Waals surface area contributed by atoms with Gasteiger partial charge in [0.05, 0.1) is 0 Å². The molecule has 0 saturated heterocycles. The van der Waals surface area contributed by atoms with Crippen LogP contribution in [-0.2, 0) is 0 Å². The van der Waals surface area contributed by atoms with Crippen molar-refractivity contribution in [2.75, 3.05) is 0 Å². The molecule has 2 rings (SSSR count). The Kier molecular flexibility index (Phi) is 3.04. The van der Waals surface area contributed by atoms with Crippen LogP contribution in [0.2, 0.25) is 0 Å². The van der Waals surface area contributed by atoms with Crippen LogP contribution in [0.15, 0.2) is 24.3 Å². The van der Waals surface area contributed by atoms with E-state index in [1.54, 1.807) is 0 Å². The number of aromatic hydroxyl groups is 2. The number of hydrogen-bond donors (Lipinski definition) is 2. The van der Waals surface area contributed by atoms with Crippen LogP contribution in [0, 0.1) is 27.7 Å². The molecular formula is C16H18O2. The minimum absolute atomic E-state index is 0.129. The van der Waals surface area contributed by atoms with E-state index in [2.05, 4.69) is 13.0 Å². The first-order chi connectivity index (χ1) is 8.43. The molecule has 2 nitrogen and oxygen atoms in total. The Morgan fingerprint density at radius 2 is 1.44 bits per heavy atom. The highest BCUT2D eigenvalue weighted by Gasteiger charge is 2.15. The zero-order valence-electron chi connectivity index (χ0n) is 11.2. The summed E-state index contributed by atoms with van der Waals surface area (Å²) in [6, 6.07) is 7.46. The molecule has 0 aliphatic heterocycles. The average molecular weight is 242 g/mol. The standard InChI is InChI=1S/C16H18O2/c1-9-6-5-7-13(10(9)2)16-12(4)11(3)14(17)8-15(16)18/h5-8,17-18H,1-4H3. The summed E-state index contributed by atoms with van der Waals surface area (Å²) in [7, 11) is 0. The van der Waals surface area contributed by atoms with Crippen LogP contribution in [0.25, 0.3) is 11.1 Å². The first-order valence-corrected chi connectivity index (χ1v) is 6.02. The molecule has 0 radical (unpaired) electrons. The van der Waals surface area contributed by atoms with Gasteiger partial charge >= 0.3 is 0 Å². The van der Waals surface area contributed by atoms with Crippen LogP contribution < -0.4 is 0 Å². The van der Waals surface area contributed by atoms with Crippen molar-refractivity contribution in [3.05, 3.63) is 46.5 Å². The molecule has 0 fully saturated rings. The van der Waals surface area contributed by atoms with Crippen molar-refractivity contribution in [2.24, 2.45) is 0 Å². The van der Waals surface area contributed by atoms with Crippen LogP contribution >= 0.6 is 0 Å². The van der Waals surface area contributed by atoms with E-state index in [-0.39, 0.29) is 11.5 Å². The molecule has 0 amide bonds. The highest BCUT2D eigenvalue weighted by atomic mass is 16.3. The van der Waals surface area contributed by atoms with Gasteiger partial charge in [-0.3, -0.25) is 0 Å². The van der Waals surface area contributed by atoms with Crippen molar-refractivity contribution in [1.82, 2.24) is 0 Å². The monoisotopic (exact) mass is 242 g/mol. The lowest BCUT2D eigenvalue weighted by Gasteiger charge is -2.16. The molecule has 0 spiro atoms. The third kappa shape index (κ3) is 1.84. The smallest absolute Gasteiger partial charge is 0.127 e. The van der Waals surface area contributed by atoms with Crippen molar-refractivity contribution >= 4 is 0 Å². The van der Waals surface area contributed by atoms with E-state index < -0.39 is 0 Å². The van der Waals surface area contributed by atoms with Crippen molar-refractivity contribution < 1.29 is 10.2 Å². The molecule has 0 aliphatic carbocycles. The molecule has 2 aromatic rings. The maximum absolute atomic E-state index is 10.1. The number of phenolic OH excluding ortho intramolecular Hbond substituents is 2. The molecule has 2 heteroatoms. The predicted octanol–water partition coefficient (Wildman–Crippen LogP) is 4.00. The molecule has 0 atom stereocenters. The maximum Gasteiger partial charge on any atom is 0.127 e. The van der Waals surface area contributed by atoms with Crippen molar-refractivity contribution in [2.45, 2.75) is 27.7 Å². The quantitative estimate of drug-likeness (QED) is 0.793. The fraction of sp³-hybridized carbons (Fsp3) is 0.250. The Hall–Kier alpha value is -1.96. The van der Waals surface area contributed by atoms with Gasteiger partial charge in [-0.1, -0.05) is 18.2 Å². The van der Waals surface area contributed by atoms with E-state index in [1.807, 2.05) is 32.9 Å². The predicted molar refractivity (Wildman–Crippen MR) is 74.2 cm³/mol. The van der Waals surface area contributed by atoms with Gasteiger partial charge in [-0.2, -0.15) is 0 Å². The van der Waals surface area contributed by atoms with Crippen LogP contribution in [0.3, 0.4) is 0 Å². The minimum Gasteiger partial charge on any atom is -0.508 e. The van der Waals surface area contributed by atoms with Crippen LogP contribution in [0.5, 0.6) is 11.5 Å². The van der Waals surface area contributed by atoms with E-state index in [4.69, 9.17) is 0 Å². The Balaban J connectivity index is 2.80. The lowest BCUT2D eigenvalue weighted by Crippen LogP contribution is -1.93. The van der Waals surface area contributed by atoms with Gasteiger partial charge in [-0.05, 0) is 55.5 Å². The average Bonchev–Trinajstić information content (AvgIpc) is 2.32. The molecule has 0 aromatic heterocycles. The highest BCUT2D eigenvalue weighted by Crippen LogP contribution is 2.40. The topological polar surface area (TPSA) is 40.5 Å². The first kappa shape index (κ1) is 12.5. The van der Waals surface area contributed by atoms with Gasteiger partial charge in [0.25, 0.3) is 0 Å². The lowest BCUT2D eigenvalue weighted by molar-refractivity contribution is 0.448. The van der Waals surface area contributed by atoms with Gasteiger partial charge < -0.3 is 10.2 Å². The summed E-state index contributed by atoms with van der Waals surface area (Å²) >= 11 is 0. The maximum atomic E-state index is 10.1. The second kappa shape index (κ2) is 4.37. The minimum atomic E-state index is 0.129. The lowest BCUT2D eigenvalue weighted by atomic mass is 9.91. The number of hydrogen-bond acceptors (Lipinski definition) is 2. The van der Waals surface area contributed by atoms with Crippen molar-refractivity contribution in [1.29, 1.82) is 0 Å². The highest BCUT2D eigenvalue weighted by molar-refractivity contribution is 5.79. The summed E-state index contributed by atoms with van der Waals surface area (Å²) in [4.78, 5) is 0. The van der Waals surface area contributed by atoms with E-state index in [9.17, 15) is 10.2 Å². The van der Waals surface area contributed by atoms with E-state index in [0.29, 0.717) is 0 Å². The van der Waals surface area contributed by atoms with Crippen molar-refractivity contribution in [3.8, 4) is 22.6 Å². The van der Waals surface area contributed by atoms with Crippen LogP contribution in [0.1, 0.15) is 22.3 Å². The largest absolute Gasteiger partial charge is 0.508 e. The fourth-order valence-electron chi connectivity index (χ4n) is 2.24. The first-order valence-electron chi connectivity index (χ1n) is 6.02. The SMILES string of the molecule is Cc1cccc(-c2c(O)cc(O)c(C)c2C)c1C. The van der Waals surface area contributed by atoms with E-state index in [0.717, 1.165) is 27.8 Å². The van der Waals surface area contributed by atoms with Crippen LogP contribution in [-0.4, -0.2) is 10.2 Å². The van der Waals surface area contributed by atoms with Crippen molar-refractivity contribution in [3.63, 3.8) is 0 Å². The Morgan fingerprint density at radius 3 is 2.11 bits per heavy atom. The molecular weight excluding hydrogens is 224 g/mol. The number of aryl methyl sites for hydroxylation is 1. The van der Waals surface area contributed by atoms with E-state index in [1.165, 1.54) is 11.6 Å². The Labute approximate surface area is 108 Å². The molecule has 0 unspecified atom stereocenters. The third-order valence-electron chi connectivity index (χ3n) is 3.73. The second-order valence-corrected chi connectivity index (χ2v) is 4.79. The zero-order chi connectivity index (χ0) is 13.4. The Bertz CT molecular complexity index is 613. The number of rotatable bonds is 1. The summed E-state index contributed by atoms with van der Waals surface area (Å²) in [5, 5.41) is 19.8. The fourth-order valence-corrected chi connectivity index (χ4v) is 2.24. The van der Waals surface area contributed by atoms with Gasteiger partial charge in [0.1, 0.15) is 11.5 Å². The third-order valence-corrected chi connectivity index (χ3v) is 3.73. The number of benzene rings is 2. The molecule has 2 N–H and O–H groups in total. The molecule has 94 valence electrons. The summed E-state index contributed by atoms with van der Waals surface area (Å²) in [5.41, 5.74) is 5.91. The summed E-state index contributed by atoms with van der Waals surface area (Å²) in [6.45, 7) is 7.88. The van der Waals surface area contributed by atoms with Gasteiger partial charge in [0.2, 0.25) is 0 Å². The number of phenols is 2. The van der Waals surface area contributed by atoms with E-state index >= 15 is 0 Å². The zero-order valence-corrected chi connectivity index (χ0v) is 11.2. The summed E-state index contributed by atoms with van der Waals surface area (Å²) in [5.74, 6) is 0.267. The van der Waals surface area contributed by atoms with Gasteiger partial charge in [-0.15, -0.1) is 0 Å². The summed E-state index contributed by atoms with van der Waals surface area (Å²) in [6.07, 6.45) is 0. The normalized spacial score (nSPS) is 10.7. The second-order valence-electron chi connectivity index (χ2n) is 4.79. The molecule has 0 aliphatic rings. The van der Waals surface area contributed by atoms with Gasteiger partial charge in [-0.25, -0.2) is 0 Å². The van der Waals surface area contributed by atoms with Crippen LogP contribution in [0.4, 0.5) is 0 Å². The van der Waals surface area contributed by atoms with Gasteiger partial charge in [0, 0.05) is 11.6 Å². The Morgan fingerprint density at radius 1 is 0.778 bits per heavy atom. The van der Waals surface area contributed by atoms with Gasteiger partial charge in [0.15, 0.2) is 0 Å². The molecule has 0 saturated carbocycles. The molecule has 18 heavy (non-hydrogen) atoms. The molecule has 2 aromatic carbocycles.